The van der Waals surface area contributed by atoms with Crippen LogP contribution in [0.25, 0.3) is 5.69 Å². The number of rotatable bonds is 3. The lowest BCUT2D eigenvalue weighted by molar-refractivity contribution is 0.852. The maximum atomic E-state index is 5.54. The molecule has 0 aliphatic heterocycles. The van der Waals surface area contributed by atoms with Crippen LogP contribution < -0.4 is 5.73 Å². The molecule has 0 atom stereocenters. The van der Waals surface area contributed by atoms with Gasteiger partial charge >= 0.3 is 0 Å². The van der Waals surface area contributed by atoms with Gasteiger partial charge in [0.1, 0.15) is 5.82 Å². The smallest absolute Gasteiger partial charge is 0.145 e. The number of anilines is 1. The molecule has 4 heteroatoms. The average Bonchev–Trinajstić information content (AvgIpc) is 2.67. The Hall–Kier alpha value is -1.84. The summed E-state index contributed by atoms with van der Waals surface area (Å²) >= 11 is 0. The number of hydrogen-bond donors (Lipinski definition) is 1. The zero-order chi connectivity index (χ0) is 10.7. The molecule has 0 aromatic carbocycles. The van der Waals surface area contributed by atoms with E-state index in [1.807, 2.05) is 24.5 Å². The molecule has 78 valence electrons. The number of nitrogens with two attached hydrogens (primary N) is 1. The van der Waals surface area contributed by atoms with Gasteiger partial charge in [-0.25, -0.2) is 4.68 Å². The fourth-order valence-corrected chi connectivity index (χ4v) is 1.44. The van der Waals surface area contributed by atoms with Crippen molar-refractivity contribution in [2.45, 2.75) is 19.8 Å². The topological polar surface area (TPSA) is 56.7 Å². The van der Waals surface area contributed by atoms with Crippen molar-refractivity contribution in [1.29, 1.82) is 0 Å². The lowest BCUT2D eigenvalue weighted by Crippen LogP contribution is -1.98. The normalized spacial score (nSPS) is 10.5. The molecule has 4 nitrogen and oxygen atoms in total. The highest BCUT2D eigenvalue weighted by Gasteiger charge is 1.99. The second-order valence-corrected chi connectivity index (χ2v) is 3.44. The van der Waals surface area contributed by atoms with Crippen LogP contribution in [0.15, 0.2) is 30.6 Å². The van der Waals surface area contributed by atoms with Crippen molar-refractivity contribution in [3.63, 3.8) is 0 Å². The van der Waals surface area contributed by atoms with Gasteiger partial charge < -0.3 is 5.73 Å². The monoisotopic (exact) mass is 202 g/mol. The average molecular weight is 202 g/mol. The van der Waals surface area contributed by atoms with E-state index in [9.17, 15) is 0 Å². The van der Waals surface area contributed by atoms with Crippen molar-refractivity contribution in [1.82, 2.24) is 14.8 Å². The van der Waals surface area contributed by atoms with Gasteiger partial charge in [-0.2, -0.15) is 5.10 Å². The Balaban J connectivity index is 2.23. The quantitative estimate of drug-likeness (QED) is 0.825. The van der Waals surface area contributed by atoms with E-state index >= 15 is 0 Å². The minimum atomic E-state index is 0.521. The van der Waals surface area contributed by atoms with Crippen LogP contribution >= 0.6 is 0 Å². The first kappa shape index (κ1) is 9.71. The van der Waals surface area contributed by atoms with E-state index in [0.29, 0.717) is 5.82 Å². The van der Waals surface area contributed by atoms with E-state index < -0.39 is 0 Å². The standard InChI is InChI=1S/C11H14N4/c1-2-3-9-4-5-10(8-13-9)15-7-6-11(12)14-15/h4-8H,2-3H2,1H3,(H2,12,14). The molecule has 2 rings (SSSR count). The number of nitrogens with zero attached hydrogens (tertiary/aromatic N) is 3. The third kappa shape index (κ3) is 2.15. The molecule has 0 radical (unpaired) electrons. The molecule has 0 spiro atoms. The van der Waals surface area contributed by atoms with Crippen LogP contribution in [0.4, 0.5) is 5.82 Å². The summed E-state index contributed by atoms with van der Waals surface area (Å²) in [6.45, 7) is 2.14. The number of aryl methyl sites for hydroxylation is 1. The van der Waals surface area contributed by atoms with Gasteiger partial charge in [0.25, 0.3) is 0 Å². The zero-order valence-corrected chi connectivity index (χ0v) is 8.72. The summed E-state index contributed by atoms with van der Waals surface area (Å²) in [7, 11) is 0. The van der Waals surface area contributed by atoms with Crippen LogP contribution in [0, 0.1) is 0 Å². The first-order valence-corrected chi connectivity index (χ1v) is 5.06. The maximum absolute atomic E-state index is 5.54. The fraction of sp³-hybridized carbons (Fsp3) is 0.273. The van der Waals surface area contributed by atoms with Crippen LogP contribution in [0.2, 0.25) is 0 Å². The lowest BCUT2D eigenvalue weighted by atomic mass is 10.2. The number of aromatic nitrogens is 3. The minimum absolute atomic E-state index is 0.521. The Morgan fingerprint density at radius 2 is 2.20 bits per heavy atom. The van der Waals surface area contributed by atoms with E-state index in [-0.39, 0.29) is 0 Å². The minimum Gasteiger partial charge on any atom is -0.382 e. The summed E-state index contributed by atoms with van der Waals surface area (Å²) in [5.41, 5.74) is 7.59. The third-order valence-corrected chi connectivity index (χ3v) is 2.19. The molecule has 2 aromatic rings. The van der Waals surface area contributed by atoms with E-state index in [0.717, 1.165) is 24.2 Å². The first-order chi connectivity index (χ1) is 7.29. The fourth-order valence-electron chi connectivity index (χ4n) is 1.44. The van der Waals surface area contributed by atoms with Gasteiger partial charge in [-0.3, -0.25) is 4.98 Å². The largest absolute Gasteiger partial charge is 0.382 e. The van der Waals surface area contributed by atoms with Crippen LogP contribution in [-0.4, -0.2) is 14.8 Å². The van der Waals surface area contributed by atoms with E-state index in [4.69, 9.17) is 5.73 Å². The van der Waals surface area contributed by atoms with E-state index in [2.05, 4.69) is 17.0 Å². The first-order valence-electron chi connectivity index (χ1n) is 5.06. The van der Waals surface area contributed by atoms with Gasteiger partial charge in [-0.1, -0.05) is 13.3 Å². The van der Waals surface area contributed by atoms with Crippen LogP contribution in [0.3, 0.4) is 0 Å². The number of pyridine rings is 1. The Morgan fingerprint density at radius 3 is 2.73 bits per heavy atom. The lowest BCUT2D eigenvalue weighted by Gasteiger charge is -2.02. The van der Waals surface area contributed by atoms with Gasteiger partial charge in [-0.15, -0.1) is 0 Å². The van der Waals surface area contributed by atoms with Crippen molar-refractivity contribution in [3.8, 4) is 5.69 Å². The Bertz CT molecular complexity index is 430. The predicted molar refractivity (Wildman–Crippen MR) is 59.8 cm³/mol. The second-order valence-electron chi connectivity index (χ2n) is 3.44. The molecular weight excluding hydrogens is 188 g/mol. The van der Waals surface area contributed by atoms with Gasteiger partial charge in [0.15, 0.2) is 0 Å². The summed E-state index contributed by atoms with van der Waals surface area (Å²) in [6.07, 6.45) is 5.77. The molecule has 0 aliphatic rings. The highest BCUT2D eigenvalue weighted by atomic mass is 15.3. The molecule has 2 N–H and O–H groups in total. The molecule has 2 aromatic heterocycles. The molecule has 2 heterocycles. The molecule has 0 saturated carbocycles. The van der Waals surface area contributed by atoms with Crippen molar-refractivity contribution < 1.29 is 0 Å². The summed E-state index contributed by atoms with van der Waals surface area (Å²) < 4.78 is 1.72. The van der Waals surface area contributed by atoms with Crippen molar-refractivity contribution in [2.75, 3.05) is 5.73 Å². The van der Waals surface area contributed by atoms with Crippen molar-refractivity contribution in [2.24, 2.45) is 0 Å². The molecular formula is C11H14N4. The third-order valence-electron chi connectivity index (χ3n) is 2.19. The van der Waals surface area contributed by atoms with Crippen LogP contribution in [0.5, 0.6) is 0 Å². The van der Waals surface area contributed by atoms with E-state index in [1.54, 1.807) is 10.7 Å². The van der Waals surface area contributed by atoms with Gasteiger partial charge in [0, 0.05) is 18.0 Å². The highest BCUT2D eigenvalue weighted by Crippen LogP contribution is 2.08. The van der Waals surface area contributed by atoms with Crippen molar-refractivity contribution in [3.05, 3.63) is 36.3 Å². The van der Waals surface area contributed by atoms with Gasteiger partial charge in [0.2, 0.25) is 0 Å². The van der Waals surface area contributed by atoms with Gasteiger partial charge in [0.05, 0.1) is 11.9 Å². The predicted octanol–water partition coefficient (Wildman–Crippen LogP) is 1.80. The Kier molecular flexibility index (Phi) is 2.67. The maximum Gasteiger partial charge on any atom is 0.145 e. The second kappa shape index (κ2) is 4.13. The summed E-state index contributed by atoms with van der Waals surface area (Å²) in [5, 5.41) is 4.11. The summed E-state index contributed by atoms with van der Waals surface area (Å²) in [6, 6.07) is 5.79. The summed E-state index contributed by atoms with van der Waals surface area (Å²) in [5.74, 6) is 0.521. The molecule has 0 bridgehead atoms. The van der Waals surface area contributed by atoms with Crippen molar-refractivity contribution >= 4 is 5.82 Å². The molecule has 0 saturated heterocycles. The number of nitrogen functional groups attached to an aromatic ring is 1. The summed E-state index contributed by atoms with van der Waals surface area (Å²) in [4.78, 5) is 4.35. The van der Waals surface area contributed by atoms with Crippen LogP contribution in [-0.2, 0) is 6.42 Å². The Morgan fingerprint density at radius 1 is 1.33 bits per heavy atom. The SMILES string of the molecule is CCCc1ccc(-n2ccc(N)n2)cn1. The van der Waals surface area contributed by atoms with Crippen LogP contribution in [0.1, 0.15) is 19.0 Å². The highest BCUT2D eigenvalue weighted by molar-refractivity contribution is 5.33. The molecule has 0 unspecified atom stereocenters. The molecule has 0 amide bonds. The molecule has 15 heavy (non-hydrogen) atoms. The molecule has 0 fully saturated rings. The molecule has 0 aliphatic carbocycles. The number of hydrogen-bond acceptors (Lipinski definition) is 3. The van der Waals surface area contributed by atoms with E-state index in [1.165, 1.54) is 0 Å². The Labute approximate surface area is 88.8 Å². The zero-order valence-electron chi connectivity index (χ0n) is 8.72. The van der Waals surface area contributed by atoms with Gasteiger partial charge in [-0.05, 0) is 18.6 Å².